The third-order valence-corrected chi connectivity index (χ3v) is 4.53. The molecule has 0 amide bonds. The number of hydrogen-bond acceptors (Lipinski definition) is 4. The molecule has 0 heterocycles. The Morgan fingerprint density at radius 2 is 1.83 bits per heavy atom. The van der Waals surface area contributed by atoms with Crippen molar-refractivity contribution in [3.63, 3.8) is 0 Å². The summed E-state index contributed by atoms with van der Waals surface area (Å²) in [5.41, 5.74) is 0.440. The summed E-state index contributed by atoms with van der Waals surface area (Å²) in [5, 5.41) is 0. The van der Waals surface area contributed by atoms with Gasteiger partial charge in [0.2, 0.25) is 0 Å². The van der Waals surface area contributed by atoms with E-state index in [1.54, 1.807) is 13.0 Å². The van der Waals surface area contributed by atoms with Crippen LogP contribution in [0.5, 0.6) is 5.75 Å². The minimum absolute atomic E-state index is 0.305. The van der Waals surface area contributed by atoms with Crippen LogP contribution in [-0.2, 0) is 9.53 Å². The molecule has 0 saturated heterocycles. The first-order valence-corrected chi connectivity index (χ1v) is 8.15. The van der Waals surface area contributed by atoms with Crippen molar-refractivity contribution in [2.24, 2.45) is 0 Å². The second-order valence-corrected chi connectivity index (χ2v) is 6.58. The van der Waals surface area contributed by atoms with E-state index in [2.05, 4.69) is 45.2 Å². The van der Waals surface area contributed by atoms with Gasteiger partial charge in [-0.15, -0.1) is 0 Å². The maximum absolute atomic E-state index is 11.9. The Kier molecular flexibility index (Phi) is 6.58. The highest BCUT2D eigenvalue weighted by atomic mass is 127. The van der Waals surface area contributed by atoms with E-state index in [0.717, 1.165) is 7.14 Å². The van der Waals surface area contributed by atoms with Gasteiger partial charge in [0, 0.05) is 10.5 Å². The predicted molar refractivity (Wildman–Crippen MR) is 91.9 cm³/mol. The van der Waals surface area contributed by atoms with Crippen molar-refractivity contribution in [3.8, 4) is 5.75 Å². The Hall–Kier alpha value is 0.350. The van der Waals surface area contributed by atoms with Gasteiger partial charge in [0.05, 0.1) is 19.3 Å². The number of carbonyl (C=O) groups is 2. The fourth-order valence-electron chi connectivity index (χ4n) is 1.20. The van der Waals surface area contributed by atoms with Crippen molar-refractivity contribution >= 4 is 79.7 Å². The van der Waals surface area contributed by atoms with Gasteiger partial charge in [-0.05, 0) is 80.8 Å². The third-order valence-electron chi connectivity index (χ3n) is 1.85. The molecule has 0 spiro atoms. The van der Waals surface area contributed by atoms with Gasteiger partial charge in [0.25, 0.3) is 0 Å². The van der Waals surface area contributed by atoms with Crippen molar-refractivity contribution in [1.29, 1.82) is 0 Å². The van der Waals surface area contributed by atoms with Gasteiger partial charge in [-0.3, -0.25) is 4.79 Å². The van der Waals surface area contributed by atoms with Gasteiger partial charge in [-0.2, -0.15) is 0 Å². The fourth-order valence-corrected chi connectivity index (χ4v) is 5.23. The van der Waals surface area contributed by atoms with Crippen molar-refractivity contribution < 1.29 is 19.1 Å². The van der Waals surface area contributed by atoms with Crippen molar-refractivity contribution in [3.05, 3.63) is 22.3 Å². The third kappa shape index (κ3) is 3.92. The minimum Gasteiger partial charge on any atom is -0.462 e. The van der Waals surface area contributed by atoms with Crippen LogP contribution in [0.25, 0.3) is 0 Å². The van der Waals surface area contributed by atoms with Gasteiger partial charge in [0.15, 0.2) is 5.75 Å². The van der Waals surface area contributed by atoms with Gasteiger partial charge in [0.1, 0.15) is 0 Å². The van der Waals surface area contributed by atoms with E-state index in [1.165, 1.54) is 6.92 Å². The molecule has 0 fully saturated rings. The molecule has 0 aromatic heterocycles. The van der Waals surface area contributed by atoms with Gasteiger partial charge in [-0.1, -0.05) is 0 Å². The summed E-state index contributed by atoms with van der Waals surface area (Å²) in [6, 6.07) is 1.79. The molecule has 1 aromatic rings. The van der Waals surface area contributed by atoms with Crippen LogP contribution >= 0.6 is 67.8 Å². The van der Waals surface area contributed by atoms with E-state index in [1.807, 2.05) is 22.6 Å². The van der Waals surface area contributed by atoms with Crippen LogP contribution in [0.3, 0.4) is 0 Å². The van der Waals surface area contributed by atoms with Gasteiger partial charge >= 0.3 is 11.9 Å². The molecule has 0 N–H and O–H groups in total. The highest BCUT2D eigenvalue weighted by molar-refractivity contribution is 14.1. The first-order valence-electron chi connectivity index (χ1n) is 4.91. The first-order chi connectivity index (χ1) is 8.38. The molecular weight excluding hydrogens is 577 g/mol. The molecular formula is C11H9I3O4. The second kappa shape index (κ2) is 7.22. The standard InChI is InChI=1S/C11H9I3O4/c1-3-17-11(16)8-6(12)4-7(13)10(9(8)14)18-5(2)15/h4H,3H2,1-2H3. The van der Waals surface area contributed by atoms with E-state index in [4.69, 9.17) is 9.47 Å². The van der Waals surface area contributed by atoms with Crippen molar-refractivity contribution in [2.75, 3.05) is 6.61 Å². The van der Waals surface area contributed by atoms with E-state index in [9.17, 15) is 9.59 Å². The summed E-state index contributed by atoms with van der Waals surface area (Å²) in [4.78, 5) is 22.9. The van der Waals surface area contributed by atoms with Gasteiger partial charge in [-0.25, -0.2) is 4.79 Å². The average molecular weight is 586 g/mol. The topological polar surface area (TPSA) is 52.6 Å². The van der Waals surface area contributed by atoms with Gasteiger partial charge < -0.3 is 9.47 Å². The summed E-state index contributed by atoms with van der Waals surface area (Å²) >= 11 is 6.13. The lowest BCUT2D eigenvalue weighted by Crippen LogP contribution is -2.13. The molecule has 0 atom stereocenters. The zero-order valence-corrected chi connectivity index (χ0v) is 16.0. The Morgan fingerprint density at radius 1 is 1.22 bits per heavy atom. The second-order valence-electron chi connectivity index (χ2n) is 3.17. The monoisotopic (exact) mass is 586 g/mol. The Balaban J connectivity index is 3.34. The summed E-state index contributed by atoms with van der Waals surface area (Å²) in [6.45, 7) is 3.38. The zero-order chi connectivity index (χ0) is 13.9. The Labute approximate surface area is 146 Å². The Morgan fingerprint density at radius 3 is 2.33 bits per heavy atom. The number of ether oxygens (including phenoxy) is 2. The quantitative estimate of drug-likeness (QED) is 0.309. The molecule has 1 aromatic carbocycles. The molecule has 0 aliphatic heterocycles. The normalized spacial score (nSPS) is 10.1. The van der Waals surface area contributed by atoms with Crippen LogP contribution in [0.2, 0.25) is 0 Å². The highest BCUT2D eigenvalue weighted by Crippen LogP contribution is 2.34. The highest BCUT2D eigenvalue weighted by Gasteiger charge is 2.22. The molecule has 7 heteroatoms. The van der Waals surface area contributed by atoms with E-state index in [0.29, 0.717) is 21.5 Å². The largest absolute Gasteiger partial charge is 0.462 e. The molecule has 4 nitrogen and oxygen atoms in total. The van der Waals surface area contributed by atoms with Crippen LogP contribution in [0, 0.1) is 10.7 Å². The minimum atomic E-state index is -0.415. The van der Waals surface area contributed by atoms with Crippen molar-refractivity contribution in [2.45, 2.75) is 13.8 Å². The van der Waals surface area contributed by atoms with E-state index >= 15 is 0 Å². The summed E-state index contributed by atoms with van der Waals surface area (Å²) in [6.07, 6.45) is 0. The lowest BCUT2D eigenvalue weighted by atomic mass is 10.2. The molecule has 0 unspecified atom stereocenters. The van der Waals surface area contributed by atoms with Crippen LogP contribution in [0.4, 0.5) is 0 Å². The molecule has 0 saturated carbocycles. The smallest absolute Gasteiger partial charge is 0.340 e. The predicted octanol–water partition coefficient (Wildman–Crippen LogP) is 3.60. The number of rotatable bonds is 3. The number of carbonyl (C=O) groups excluding carboxylic acids is 2. The number of hydrogen-bond donors (Lipinski definition) is 0. The number of esters is 2. The fraction of sp³-hybridized carbons (Fsp3) is 0.273. The lowest BCUT2D eigenvalue weighted by Gasteiger charge is -2.12. The summed E-state index contributed by atoms with van der Waals surface area (Å²) in [7, 11) is 0. The van der Waals surface area contributed by atoms with E-state index < -0.39 is 11.9 Å². The molecule has 0 aliphatic carbocycles. The molecule has 0 bridgehead atoms. The van der Waals surface area contributed by atoms with Crippen LogP contribution in [0.1, 0.15) is 24.2 Å². The van der Waals surface area contributed by atoms with Crippen LogP contribution in [-0.4, -0.2) is 18.5 Å². The maximum Gasteiger partial charge on any atom is 0.340 e. The zero-order valence-electron chi connectivity index (χ0n) is 9.55. The summed E-state index contributed by atoms with van der Waals surface area (Å²) < 4.78 is 12.3. The molecule has 0 aliphatic rings. The molecule has 98 valence electrons. The Bertz CT molecular complexity index is 500. The van der Waals surface area contributed by atoms with Crippen LogP contribution in [0.15, 0.2) is 6.07 Å². The molecule has 1 rings (SSSR count). The molecule has 0 radical (unpaired) electrons. The SMILES string of the molecule is CCOC(=O)c1c(I)cc(I)c(OC(C)=O)c1I. The number of halogens is 3. The summed E-state index contributed by atoms with van der Waals surface area (Å²) in [5.74, 6) is -0.412. The molecule has 18 heavy (non-hydrogen) atoms. The van der Waals surface area contributed by atoms with E-state index in [-0.39, 0.29) is 0 Å². The maximum atomic E-state index is 11.9. The number of benzene rings is 1. The first kappa shape index (κ1) is 16.4. The lowest BCUT2D eigenvalue weighted by molar-refractivity contribution is -0.132. The average Bonchev–Trinajstić information content (AvgIpc) is 2.24. The van der Waals surface area contributed by atoms with Crippen LogP contribution < -0.4 is 4.74 Å². The van der Waals surface area contributed by atoms with Crippen molar-refractivity contribution in [1.82, 2.24) is 0 Å².